The Hall–Kier alpha value is -1.77. The summed E-state index contributed by atoms with van der Waals surface area (Å²) in [5.41, 5.74) is 3.28. The van der Waals surface area contributed by atoms with Crippen molar-refractivity contribution in [1.29, 1.82) is 0 Å². The molecule has 3 nitrogen and oxygen atoms in total. The largest absolute Gasteiger partial charge is 0.357 e. The lowest BCUT2D eigenvalue weighted by Gasteiger charge is -2.09. The van der Waals surface area contributed by atoms with Gasteiger partial charge in [0.1, 0.15) is 0 Å². The van der Waals surface area contributed by atoms with Crippen LogP contribution in [0.3, 0.4) is 0 Å². The monoisotopic (exact) mass is 242 g/mol. The molecule has 18 heavy (non-hydrogen) atoms. The Morgan fingerprint density at radius 1 is 1.39 bits per heavy atom. The molecule has 1 aromatic carbocycles. The standard InChI is InChI=1S/C15H18N2O/c1-10-14(11-5-3-4-6-12(11)16-10)17-13(18)9-15(2)7-8-15/h3-6,16H,7-9H2,1-2H3,(H,17,18). The van der Waals surface area contributed by atoms with E-state index in [9.17, 15) is 4.79 Å². The Balaban J connectivity index is 1.85. The summed E-state index contributed by atoms with van der Waals surface area (Å²) in [6.07, 6.45) is 2.98. The average molecular weight is 242 g/mol. The molecule has 94 valence electrons. The van der Waals surface area contributed by atoms with Crippen LogP contribution < -0.4 is 5.32 Å². The number of carbonyl (C=O) groups is 1. The van der Waals surface area contributed by atoms with E-state index in [0.717, 1.165) is 22.3 Å². The molecule has 0 radical (unpaired) electrons. The molecular formula is C15H18N2O. The molecule has 1 aliphatic carbocycles. The van der Waals surface area contributed by atoms with Crippen molar-refractivity contribution in [3.8, 4) is 0 Å². The van der Waals surface area contributed by atoms with Gasteiger partial charge in [0, 0.05) is 23.0 Å². The van der Waals surface area contributed by atoms with E-state index in [1.807, 2.05) is 31.2 Å². The smallest absolute Gasteiger partial charge is 0.224 e. The van der Waals surface area contributed by atoms with Crippen LogP contribution in [0.5, 0.6) is 0 Å². The van der Waals surface area contributed by atoms with Gasteiger partial charge in [0.2, 0.25) is 5.91 Å². The van der Waals surface area contributed by atoms with Gasteiger partial charge in [0.05, 0.1) is 5.69 Å². The van der Waals surface area contributed by atoms with Gasteiger partial charge in [-0.15, -0.1) is 0 Å². The third-order valence-corrected chi connectivity index (χ3v) is 3.85. The minimum absolute atomic E-state index is 0.128. The van der Waals surface area contributed by atoms with Crippen molar-refractivity contribution in [1.82, 2.24) is 4.98 Å². The SMILES string of the molecule is Cc1[nH]c2ccccc2c1NC(=O)CC1(C)CC1. The molecule has 1 amide bonds. The highest BCUT2D eigenvalue weighted by Crippen LogP contribution is 2.48. The van der Waals surface area contributed by atoms with Crippen LogP contribution in [0, 0.1) is 12.3 Å². The third kappa shape index (κ3) is 2.01. The van der Waals surface area contributed by atoms with Crippen molar-refractivity contribution in [3.05, 3.63) is 30.0 Å². The summed E-state index contributed by atoms with van der Waals surface area (Å²) < 4.78 is 0. The number of hydrogen-bond donors (Lipinski definition) is 2. The maximum atomic E-state index is 12.0. The molecule has 0 atom stereocenters. The lowest BCUT2D eigenvalue weighted by atomic mass is 10.1. The molecule has 3 rings (SSSR count). The van der Waals surface area contributed by atoms with E-state index in [2.05, 4.69) is 17.2 Å². The zero-order valence-electron chi connectivity index (χ0n) is 10.8. The first-order chi connectivity index (χ1) is 8.57. The summed E-state index contributed by atoms with van der Waals surface area (Å²) >= 11 is 0. The highest BCUT2D eigenvalue weighted by Gasteiger charge is 2.39. The Labute approximate surface area is 107 Å². The minimum Gasteiger partial charge on any atom is -0.357 e. The van der Waals surface area contributed by atoms with Crippen LogP contribution in [0.4, 0.5) is 5.69 Å². The molecule has 0 spiro atoms. The van der Waals surface area contributed by atoms with Gasteiger partial charge in [-0.25, -0.2) is 0 Å². The number of benzene rings is 1. The van der Waals surface area contributed by atoms with Crippen LogP contribution in [0.2, 0.25) is 0 Å². The number of anilines is 1. The summed E-state index contributed by atoms with van der Waals surface area (Å²) in [4.78, 5) is 15.3. The number of para-hydroxylation sites is 1. The van der Waals surface area contributed by atoms with E-state index in [4.69, 9.17) is 0 Å². The molecular weight excluding hydrogens is 224 g/mol. The van der Waals surface area contributed by atoms with E-state index >= 15 is 0 Å². The van der Waals surface area contributed by atoms with Crippen molar-refractivity contribution >= 4 is 22.5 Å². The van der Waals surface area contributed by atoms with Gasteiger partial charge < -0.3 is 10.3 Å². The number of hydrogen-bond acceptors (Lipinski definition) is 1. The van der Waals surface area contributed by atoms with Gasteiger partial charge in [0.25, 0.3) is 0 Å². The van der Waals surface area contributed by atoms with Crippen LogP contribution in [0.15, 0.2) is 24.3 Å². The van der Waals surface area contributed by atoms with E-state index in [-0.39, 0.29) is 11.3 Å². The van der Waals surface area contributed by atoms with Crippen molar-refractivity contribution in [2.75, 3.05) is 5.32 Å². The molecule has 1 heterocycles. The lowest BCUT2D eigenvalue weighted by Crippen LogP contribution is -2.15. The molecule has 1 aromatic heterocycles. The molecule has 3 heteroatoms. The summed E-state index contributed by atoms with van der Waals surface area (Å²) in [7, 11) is 0. The maximum Gasteiger partial charge on any atom is 0.224 e. The molecule has 0 aliphatic heterocycles. The van der Waals surface area contributed by atoms with E-state index in [0.29, 0.717) is 6.42 Å². The van der Waals surface area contributed by atoms with Crippen molar-refractivity contribution < 1.29 is 4.79 Å². The number of nitrogens with one attached hydrogen (secondary N) is 2. The number of aryl methyl sites for hydroxylation is 1. The zero-order chi connectivity index (χ0) is 12.8. The normalized spacial score (nSPS) is 16.8. The molecule has 2 N–H and O–H groups in total. The number of amides is 1. The number of fused-ring (bicyclic) bond motifs is 1. The second-order valence-electron chi connectivity index (χ2n) is 5.71. The number of H-pyrrole nitrogens is 1. The molecule has 1 saturated carbocycles. The molecule has 0 bridgehead atoms. The Kier molecular flexibility index (Phi) is 2.44. The molecule has 1 aliphatic rings. The first-order valence-electron chi connectivity index (χ1n) is 6.45. The third-order valence-electron chi connectivity index (χ3n) is 3.85. The number of carbonyl (C=O) groups excluding carboxylic acids is 1. The highest BCUT2D eigenvalue weighted by atomic mass is 16.1. The summed E-state index contributed by atoms with van der Waals surface area (Å²) in [6.45, 7) is 4.17. The average Bonchev–Trinajstić information content (AvgIpc) is 2.95. The van der Waals surface area contributed by atoms with E-state index < -0.39 is 0 Å². The lowest BCUT2D eigenvalue weighted by molar-refractivity contribution is -0.117. The van der Waals surface area contributed by atoms with Crippen molar-refractivity contribution in [2.45, 2.75) is 33.1 Å². The fourth-order valence-electron chi connectivity index (χ4n) is 2.40. The van der Waals surface area contributed by atoms with Crippen LogP contribution in [-0.2, 0) is 4.79 Å². The summed E-state index contributed by atoms with van der Waals surface area (Å²) in [5.74, 6) is 0.128. The number of rotatable bonds is 3. The fraction of sp³-hybridized carbons (Fsp3) is 0.400. The molecule has 0 unspecified atom stereocenters. The van der Waals surface area contributed by atoms with Gasteiger partial charge >= 0.3 is 0 Å². The van der Waals surface area contributed by atoms with Crippen LogP contribution >= 0.6 is 0 Å². The van der Waals surface area contributed by atoms with E-state index in [1.165, 1.54) is 12.8 Å². The predicted molar refractivity (Wildman–Crippen MR) is 73.6 cm³/mol. The second-order valence-corrected chi connectivity index (χ2v) is 5.71. The molecule has 1 fully saturated rings. The van der Waals surface area contributed by atoms with Crippen molar-refractivity contribution in [3.63, 3.8) is 0 Å². The summed E-state index contributed by atoms with van der Waals surface area (Å²) in [5, 5.41) is 4.15. The van der Waals surface area contributed by atoms with E-state index in [1.54, 1.807) is 0 Å². The minimum atomic E-state index is 0.128. The first-order valence-corrected chi connectivity index (χ1v) is 6.45. The molecule has 0 saturated heterocycles. The Morgan fingerprint density at radius 3 is 2.83 bits per heavy atom. The van der Waals surface area contributed by atoms with Gasteiger partial charge in [0.15, 0.2) is 0 Å². The van der Waals surface area contributed by atoms with Crippen molar-refractivity contribution in [2.24, 2.45) is 5.41 Å². The van der Waals surface area contributed by atoms with Gasteiger partial charge in [-0.05, 0) is 31.2 Å². The fourth-order valence-corrected chi connectivity index (χ4v) is 2.40. The topological polar surface area (TPSA) is 44.9 Å². The van der Waals surface area contributed by atoms with Crippen LogP contribution in [0.25, 0.3) is 10.9 Å². The quantitative estimate of drug-likeness (QED) is 0.848. The van der Waals surface area contributed by atoms with Gasteiger partial charge in [-0.3, -0.25) is 4.79 Å². The number of aromatic nitrogens is 1. The second kappa shape index (κ2) is 3.87. The summed E-state index contributed by atoms with van der Waals surface area (Å²) in [6, 6.07) is 8.05. The Morgan fingerprint density at radius 2 is 2.11 bits per heavy atom. The zero-order valence-corrected chi connectivity index (χ0v) is 10.8. The maximum absolute atomic E-state index is 12.0. The number of aromatic amines is 1. The van der Waals surface area contributed by atoms with Gasteiger partial charge in [-0.1, -0.05) is 25.1 Å². The van der Waals surface area contributed by atoms with Crippen LogP contribution in [-0.4, -0.2) is 10.9 Å². The first kappa shape index (κ1) is 11.3. The Bertz CT molecular complexity index is 608. The van der Waals surface area contributed by atoms with Crippen LogP contribution in [0.1, 0.15) is 31.9 Å². The molecule has 2 aromatic rings. The predicted octanol–water partition coefficient (Wildman–Crippen LogP) is 3.61. The van der Waals surface area contributed by atoms with Gasteiger partial charge in [-0.2, -0.15) is 0 Å². The highest BCUT2D eigenvalue weighted by molar-refractivity contribution is 6.03.